The molecule has 142 valence electrons. The van der Waals surface area contributed by atoms with E-state index in [4.69, 9.17) is 39.5 Å². The lowest BCUT2D eigenvalue weighted by atomic mass is 10.2. The summed E-state index contributed by atoms with van der Waals surface area (Å²) in [6, 6.07) is 5.00. The van der Waals surface area contributed by atoms with Gasteiger partial charge in [-0.2, -0.15) is 28.8 Å². The average Bonchev–Trinajstić information content (AvgIpc) is 3.14. The molecule has 0 radical (unpaired) electrons. The summed E-state index contributed by atoms with van der Waals surface area (Å²) >= 11 is 12.0. The number of benzene rings is 1. The van der Waals surface area contributed by atoms with E-state index < -0.39 is 11.7 Å². The molecule has 0 aliphatic rings. The van der Waals surface area contributed by atoms with E-state index in [1.54, 1.807) is 19.1 Å². The van der Waals surface area contributed by atoms with Crippen LogP contribution in [0.25, 0.3) is 17.1 Å². The van der Waals surface area contributed by atoms with E-state index in [0.29, 0.717) is 17.8 Å². The fourth-order valence-electron chi connectivity index (χ4n) is 2.59. The minimum Gasteiger partial charge on any atom is -0.383 e. The average molecular weight is 426 g/mol. The van der Waals surface area contributed by atoms with Crippen molar-refractivity contribution < 1.29 is 13.2 Å². The van der Waals surface area contributed by atoms with E-state index in [2.05, 4.69) is 15.1 Å². The van der Waals surface area contributed by atoms with Crippen LogP contribution in [0.2, 0.25) is 10.0 Å². The number of aromatic amines is 1. The third-order valence-corrected chi connectivity index (χ3v) is 4.39. The number of aryl methyl sites for hydroxylation is 1. The number of nitriles is 2. The standard InChI is InChI=1S/C16H8Cl2F3N7/c1-6-12(15-25-10(4-22)11(5-23)26-15)14(24)28(27-6)13-8(17)2-7(3-9(13)18)16(19,20)21/h2-3H,24H2,1H3,(H,25,26). The van der Waals surface area contributed by atoms with Gasteiger partial charge in [0.25, 0.3) is 0 Å². The summed E-state index contributed by atoms with van der Waals surface area (Å²) in [7, 11) is 0. The molecule has 0 aliphatic carbocycles. The predicted octanol–water partition coefficient (Wildman–Crippen LogP) is 4.22. The number of imidazole rings is 1. The number of nitrogens with zero attached hydrogens (tertiary/aromatic N) is 5. The van der Waals surface area contributed by atoms with Gasteiger partial charge in [-0.1, -0.05) is 23.2 Å². The van der Waals surface area contributed by atoms with Crippen LogP contribution in [0.3, 0.4) is 0 Å². The van der Waals surface area contributed by atoms with E-state index in [1.165, 1.54) is 0 Å². The van der Waals surface area contributed by atoms with Gasteiger partial charge in [0.05, 0.1) is 26.9 Å². The van der Waals surface area contributed by atoms with Crippen LogP contribution in [-0.2, 0) is 6.18 Å². The van der Waals surface area contributed by atoms with E-state index in [0.717, 1.165) is 4.68 Å². The Bertz CT molecular complexity index is 1120. The van der Waals surface area contributed by atoms with Crippen molar-refractivity contribution in [2.45, 2.75) is 13.1 Å². The van der Waals surface area contributed by atoms with Crippen molar-refractivity contribution in [2.75, 3.05) is 5.73 Å². The van der Waals surface area contributed by atoms with E-state index in [1.807, 2.05) is 0 Å². The molecule has 2 aromatic heterocycles. The fraction of sp³-hybridized carbons (Fsp3) is 0.125. The van der Waals surface area contributed by atoms with E-state index >= 15 is 0 Å². The zero-order chi connectivity index (χ0) is 20.8. The normalized spacial score (nSPS) is 11.3. The topological polar surface area (TPSA) is 120 Å². The largest absolute Gasteiger partial charge is 0.416 e. The maximum absolute atomic E-state index is 12.9. The van der Waals surface area contributed by atoms with Crippen LogP contribution in [0, 0.1) is 29.6 Å². The molecule has 0 aliphatic heterocycles. The number of nitrogens with one attached hydrogen (secondary N) is 1. The van der Waals surface area contributed by atoms with Crippen LogP contribution in [0.5, 0.6) is 0 Å². The van der Waals surface area contributed by atoms with Crippen LogP contribution >= 0.6 is 23.2 Å². The molecule has 0 amide bonds. The Morgan fingerprint density at radius 1 is 1.18 bits per heavy atom. The van der Waals surface area contributed by atoms with Crippen molar-refractivity contribution in [1.29, 1.82) is 10.5 Å². The second-order valence-electron chi connectivity index (χ2n) is 5.58. The van der Waals surface area contributed by atoms with Gasteiger partial charge >= 0.3 is 6.18 Å². The fourth-order valence-corrected chi connectivity index (χ4v) is 3.24. The molecule has 3 N–H and O–H groups in total. The molecule has 3 rings (SSSR count). The summed E-state index contributed by atoms with van der Waals surface area (Å²) in [6.45, 7) is 1.56. The first-order valence-electron chi connectivity index (χ1n) is 7.40. The quantitative estimate of drug-likeness (QED) is 0.636. The van der Waals surface area contributed by atoms with Crippen molar-refractivity contribution in [3.05, 3.63) is 44.8 Å². The Labute approximate surface area is 165 Å². The number of anilines is 1. The number of H-pyrrole nitrogens is 1. The number of rotatable bonds is 2. The van der Waals surface area contributed by atoms with E-state index in [-0.39, 0.29) is 44.3 Å². The number of hydrogen-bond acceptors (Lipinski definition) is 5. The second kappa shape index (κ2) is 6.75. The molecule has 0 fully saturated rings. The van der Waals surface area contributed by atoms with Crippen LogP contribution in [0.15, 0.2) is 12.1 Å². The summed E-state index contributed by atoms with van der Waals surface area (Å²) in [5, 5.41) is 21.6. The van der Waals surface area contributed by atoms with Crippen LogP contribution in [-0.4, -0.2) is 19.7 Å². The molecule has 0 saturated carbocycles. The van der Waals surface area contributed by atoms with Crippen molar-refractivity contribution in [1.82, 2.24) is 19.7 Å². The van der Waals surface area contributed by atoms with Crippen molar-refractivity contribution >= 4 is 29.0 Å². The molecule has 12 heteroatoms. The number of aromatic nitrogens is 4. The molecule has 0 bridgehead atoms. The highest BCUT2D eigenvalue weighted by atomic mass is 35.5. The lowest BCUT2D eigenvalue weighted by molar-refractivity contribution is -0.137. The second-order valence-corrected chi connectivity index (χ2v) is 6.39. The van der Waals surface area contributed by atoms with Crippen molar-refractivity contribution in [3.63, 3.8) is 0 Å². The maximum Gasteiger partial charge on any atom is 0.416 e. The highest BCUT2D eigenvalue weighted by Gasteiger charge is 2.33. The lowest BCUT2D eigenvalue weighted by Crippen LogP contribution is -2.08. The van der Waals surface area contributed by atoms with Crippen LogP contribution in [0.4, 0.5) is 19.0 Å². The minimum atomic E-state index is -4.63. The summed E-state index contributed by atoms with van der Waals surface area (Å²) < 4.78 is 39.9. The number of alkyl halides is 3. The van der Waals surface area contributed by atoms with Crippen LogP contribution < -0.4 is 5.73 Å². The molecule has 7 nitrogen and oxygen atoms in total. The minimum absolute atomic E-state index is 0.0382. The Balaban J connectivity index is 2.20. The SMILES string of the molecule is Cc1nn(-c2c(Cl)cc(C(F)(F)F)cc2Cl)c(N)c1-c1nc(C#N)c(C#N)[nH]1. The third kappa shape index (κ3) is 3.13. The molecule has 3 aromatic rings. The summed E-state index contributed by atoms with van der Waals surface area (Å²) in [4.78, 5) is 6.66. The Hall–Kier alpha value is -3.21. The van der Waals surface area contributed by atoms with Gasteiger partial charge in [0, 0.05) is 0 Å². The molecule has 0 spiro atoms. The molecule has 28 heavy (non-hydrogen) atoms. The van der Waals surface area contributed by atoms with Gasteiger partial charge in [0.15, 0.2) is 11.4 Å². The molecular formula is C16H8Cl2F3N7. The molecule has 0 saturated heterocycles. The Kier molecular flexibility index (Phi) is 4.71. The molecule has 0 unspecified atom stereocenters. The lowest BCUT2D eigenvalue weighted by Gasteiger charge is -2.13. The van der Waals surface area contributed by atoms with E-state index in [9.17, 15) is 13.2 Å². The highest BCUT2D eigenvalue weighted by molar-refractivity contribution is 6.38. The Morgan fingerprint density at radius 3 is 2.25 bits per heavy atom. The predicted molar refractivity (Wildman–Crippen MR) is 94.7 cm³/mol. The van der Waals surface area contributed by atoms with Gasteiger partial charge in [0.1, 0.15) is 29.5 Å². The first kappa shape index (κ1) is 19.5. The van der Waals surface area contributed by atoms with Gasteiger partial charge in [-0.05, 0) is 19.1 Å². The van der Waals surface area contributed by atoms with Gasteiger partial charge in [-0.15, -0.1) is 0 Å². The highest BCUT2D eigenvalue weighted by Crippen LogP contribution is 2.39. The molecule has 2 heterocycles. The number of nitrogens with two attached hydrogens (primary N) is 1. The molecule has 0 atom stereocenters. The number of halogens is 5. The van der Waals surface area contributed by atoms with Gasteiger partial charge in [0.2, 0.25) is 0 Å². The zero-order valence-electron chi connectivity index (χ0n) is 13.9. The van der Waals surface area contributed by atoms with Crippen LogP contribution in [0.1, 0.15) is 22.6 Å². The Morgan fingerprint density at radius 2 is 1.79 bits per heavy atom. The monoisotopic (exact) mass is 425 g/mol. The maximum atomic E-state index is 12.9. The van der Waals surface area contributed by atoms with Gasteiger partial charge in [-0.3, -0.25) is 0 Å². The molecule has 1 aromatic carbocycles. The van der Waals surface area contributed by atoms with Gasteiger partial charge in [-0.25, -0.2) is 9.67 Å². The first-order chi connectivity index (χ1) is 13.1. The first-order valence-corrected chi connectivity index (χ1v) is 8.16. The van der Waals surface area contributed by atoms with Crippen molar-refractivity contribution in [2.24, 2.45) is 0 Å². The summed E-state index contributed by atoms with van der Waals surface area (Å²) in [6.07, 6.45) is -4.63. The molecular weight excluding hydrogens is 418 g/mol. The number of hydrogen-bond donors (Lipinski definition) is 2. The number of nitrogen functional groups attached to an aromatic ring is 1. The smallest absolute Gasteiger partial charge is 0.383 e. The summed E-state index contributed by atoms with van der Waals surface area (Å²) in [5.74, 6) is 0.0669. The summed E-state index contributed by atoms with van der Waals surface area (Å²) in [5.41, 5.74) is 5.44. The van der Waals surface area contributed by atoms with Gasteiger partial charge < -0.3 is 10.7 Å². The zero-order valence-corrected chi connectivity index (χ0v) is 15.4. The third-order valence-electron chi connectivity index (χ3n) is 3.81. The van der Waals surface area contributed by atoms with Crippen molar-refractivity contribution in [3.8, 4) is 29.2 Å².